The lowest BCUT2D eigenvalue weighted by Crippen LogP contribution is -2.29. The molecule has 0 radical (unpaired) electrons. The molecule has 0 aliphatic rings. The van der Waals surface area contributed by atoms with Gasteiger partial charge in [-0.3, -0.25) is 18.6 Å². The van der Waals surface area contributed by atoms with E-state index in [9.17, 15) is 24.2 Å². The molecule has 0 aromatic heterocycles. The highest BCUT2D eigenvalue weighted by atomic mass is 31.2. The largest absolute Gasteiger partial charge is 0.472 e. The van der Waals surface area contributed by atoms with Crippen LogP contribution in [0.5, 0.6) is 0 Å². The van der Waals surface area contributed by atoms with Crippen molar-refractivity contribution in [2.24, 2.45) is 0 Å². The van der Waals surface area contributed by atoms with Gasteiger partial charge >= 0.3 is 19.8 Å². The standard InChI is InChI=1S/C50H97O10P/c1-3-5-7-9-11-13-15-17-19-21-22-23-24-26-27-29-31-33-35-37-39-41-49(53)57-45-48(46-59-61(55,56)58-44-47(52)43-51)60-50(54)42-40-38-36-34-32-30-28-25-20-18-16-14-12-10-8-6-4-2/h17,19,47-48,51-52H,3-16,18,20-46H2,1-2H3,(H,55,56)/b19-17+/t47-,48+/m0/s1. The second-order valence-electron chi connectivity index (χ2n) is 17.6. The number of hydrogen-bond acceptors (Lipinski definition) is 9. The number of carbonyl (C=O) groups excluding carboxylic acids is 2. The number of aliphatic hydroxyl groups excluding tert-OH is 2. The van der Waals surface area contributed by atoms with E-state index in [0.717, 1.165) is 38.5 Å². The Bertz CT molecular complexity index is 1020. The third-order valence-corrected chi connectivity index (χ3v) is 12.4. The van der Waals surface area contributed by atoms with Crippen LogP contribution in [-0.4, -0.2) is 65.7 Å². The summed E-state index contributed by atoms with van der Waals surface area (Å²) in [7, 11) is -4.62. The van der Waals surface area contributed by atoms with Gasteiger partial charge in [0.1, 0.15) is 12.7 Å². The van der Waals surface area contributed by atoms with Gasteiger partial charge < -0.3 is 24.6 Å². The number of phosphoric acid groups is 1. The van der Waals surface area contributed by atoms with Gasteiger partial charge in [-0.25, -0.2) is 4.57 Å². The summed E-state index contributed by atoms with van der Waals surface area (Å²) in [5, 5.41) is 18.4. The van der Waals surface area contributed by atoms with Crippen LogP contribution >= 0.6 is 7.82 Å². The summed E-state index contributed by atoms with van der Waals surface area (Å²) in [6.07, 6.45) is 47.5. The van der Waals surface area contributed by atoms with Crippen LogP contribution in [0.4, 0.5) is 0 Å². The molecule has 1 unspecified atom stereocenters. The summed E-state index contributed by atoms with van der Waals surface area (Å²) in [5.74, 6) is -0.909. The van der Waals surface area contributed by atoms with E-state index in [1.54, 1.807) is 0 Å². The van der Waals surface area contributed by atoms with Crippen molar-refractivity contribution in [1.29, 1.82) is 0 Å². The van der Waals surface area contributed by atoms with Gasteiger partial charge in [0.15, 0.2) is 6.10 Å². The predicted molar refractivity (Wildman–Crippen MR) is 252 cm³/mol. The van der Waals surface area contributed by atoms with Gasteiger partial charge in [0.2, 0.25) is 0 Å². The van der Waals surface area contributed by atoms with E-state index in [1.165, 1.54) is 180 Å². The topological polar surface area (TPSA) is 149 Å². The number of carbonyl (C=O) groups is 2. The second-order valence-corrected chi connectivity index (χ2v) is 19.0. The van der Waals surface area contributed by atoms with Crippen molar-refractivity contribution in [3.8, 4) is 0 Å². The molecular weight excluding hydrogens is 792 g/mol. The highest BCUT2D eigenvalue weighted by Gasteiger charge is 2.27. The molecule has 0 aromatic rings. The molecule has 0 spiro atoms. The molecule has 0 amide bonds. The van der Waals surface area contributed by atoms with Gasteiger partial charge in [-0.1, -0.05) is 219 Å². The van der Waals surface area contributed by atoms with Crippen LogP contribution in [0, 0.1) is 0 Å². The number of aliphatic hydroxyl groups is 2. The van der Waals surface area contributed by atoms with Crippen LogP contribution in [-0.2, 0) is 32.7 Å². The van der Waals surface area contributed by atoms with E-state index >= 15 is 0 Å². The van der Waals surface area contributed by atoms with E-state index in [-0.39, 0.29) is 19.4 Å². The van der Waals surface area contributed by atoms with Crippen molar-refractivity contribution in [3.05, 3.63) is 12.2 Å². The molecule has 0 saturated heterocycles. The Hall–Kier alpha value is -1.29. The molecule has 3 atom stereocenters. The summed E-state index contributed by atoms with van der Waals surface area (Å²) in [4.78, 5) is 35.2. The van der Waals surface area contributed by atoms with Gasteiger partial charge in [-0.05, 0) is 38.5 Å². The smallest absolute Gasteiger partial charge is 0.462 e. The number of allylic oxidation sites excluding steroid dienone is 2. The Morgan fingerprint density at radius 2 is 0.803 bits per heavy atom. The summed E-state index contributed by atoms with van der Waals surface area (Å²) in [5.41, 5.74) is 0. The zero-order valence-electron chi connectivity index (χ0n) is 39.7. The second kappa shape index (κ2) is 46.7. The Kier molecular flexibility index (Phi) is 45.7. The first-order valence-electron chi connectivity index (χ1n) is 25.6. The molecule has 3 N–H and O–H groups in total. The lowest BCUT2D eigenvalue weighted by molar-refractivity contribution is -0.161. The van der Waals surface area contributed by atoms with E-state index in [1.807, 2.05) is 0 Å². The molecule has 0 aromatic carbocycles. The van der Waals surface area contributed by atoms with Crippen LogP contribution in [0.2, 0.25) is 0 Å². The summed E-state index contributed by atoms with van der Waals surface area (Å²) < 4.78 is 32.9. The number of unbranched alkanes of at least 4 members (excludes halogenated alkanes) is 33. The first-order valence-corrected chi connectivity index (χ1v) is 27.1. The molecule has 11 heteroatoms. The summed E-state index contributed by atoms with van der Waals surface area (Å²) >= 11 is 0. The van der Waals surface area contributed by atoms with Crippen LogP contribution in [0.25, 0.3) is 0 Å². The van der Waals surface area contributed by atoms with Gasteiger partial charge in [-0.2, -0.15) is 0 Å². The van der Waals surface area contributed by atoms with E-state index in [0.29, 0.717) is 12.8 Å². The number of esters is 2. The summed E-state index contributed by atoms with van der Waals surface area (Å²) in [6, 6.07) is 0. The van der Waals surface area contributed by atoms with E-state index in [4.69, 9.17) is 23.6 Å². The molecule has 0 heterocycles. The maximum absolute atomic E-state index is 12.7. The molecule has 0 aliphatic carbocycles. The minimum absolute atomic E-state index is 0.191. The number of rotatable bonds is 49. The lowest BCUT2D eigenvalue weighted by Gasteiger charge is -2.20. The normalized spacial score (nSPS) is 13.7. The summed E-state index contributed by atoms with van der Waals surface area (Å²) in [6.45, 7) is 2.43. The lowest BCUT2D eigenvalue weighted by atomic mass is 10.0. The zero-order valence-corrected chi connectivity index (χ0v) is 40.5. The quantitative estimate of drug-likeness (QED) is 0.0233. The SMILES string of the molecule is CCCCCCCC/C=C/CCCCCCCCCCCCCC(=O)OC[C@H](COP(=O)(O)OC[C@@H](O)CO)OC(=O)CCCCCCCCCCCCCCCCCCC. The molecule has 362 valence electrons. The van der Waals surface area contributed by atoms with Crippen LogP contribution in [0.3, 0.4) is 0 Å². The van der Waals surface area contributed by atoms with Crippen molar-refractivity contribution >= 4 is 19.8 Å². The molecule has 10 nitrogen and oxygen atoms in total. The molecular formula is C50H97O10P. The fraction of sp³-hybridized carbons (Fsp3) is 0.920. The number of hydrogen-bond donors (Lipinski definition) is 3. The molecule has 0 fully saturated rings. The average Bonchev–Trinajstić information content (AvgIpc) is 3.25. The molecule has 0 rings (SSSR count). The molecule has 0 saturated carbocycles. The monoisotopic (exact) mass is 889 g/mol. The van der Waals surface area contributed by atoms with Crippen molar-refractivity contribution in [2.45, 2.75) is 270 Å². The van der Waals surface area contributed by atoms with Crippen molar-refractivity contribution < 1.29 is 47.8 Å². The van der Waals surface area contributed by atoms with Gasteiger partial charge in [0.05, 0.1) is 19.8 Å². The fourth-order valence-corrected chi connectivity index (χ4v) is 8.25. The Labute approximate surface area is 375 Å². The third kappa shape index (κ3) is 46.5. The van der Waals surface area contributed by atoms with Gasteiger partial charge in [-0.15, -0.1) is 0 Å². The maximum Gasteiger partial charge on any atom is 0.472 e. The van der Waals surface area contributed by atoms with Crippen molar-refractivity contribution in [3.63, 3.8) is 0 Å². The van der Waals surface area contributed by atoms with Crippen LogP contribution in [0.15, 0.2) is 12.2 Å². The van der Waals surface area contributed by atoms with Crippen LogP contribution < -0.4 is 0 Å². The molecule has 0 bridgehead atoms. The minimum atomic E-state index is -4.62. The first kappa shape index (κ1) is 59.7. The van der Waals surface area contributed by atoms with Crippen LogP contribution in [0.1, 0.15) is 258 Å². The Balaban J connectivity index is 4.13. The zero-order chi connectivity index (χ0) is 44.8. The highest BCUT2D eigenvalue weighted by Crippen LogP contribution is 2.43. The minimum Gasteiger partial charge on any atom is -0.462 e. The molecule has 61 heavy (non-hydrogen) atoms. The number of phosphoric ester groups is 1. The average molecular weight is 889 g/mol. The molecule has 0 aliphatic heterocycles. The predicted octanol–water partition coefficient (Wildman–Crippen LogP) is 14.3. The third-order valence-electron chi connectivity index (χ3n) is 11.4. The van der Waals surface area contributed by atoms with Gasteiger partial charge in [0, 0.05) is 12.8 Å². The van der Waals surface area contributed by atoms with Crippen molar-refractivity contribution in [2.75, 3.05) is 26.4 Å². The maximum atomic E-state index is 12.7. The van der Waals surface area contributed by atoms with E-state index in [2.05, 4.69) is 26.0 Å². The van der Waals surface area contributed by atoms with Gasteiger partial charge in [0.25, 0.3) is 0 Å². The Morgan fingerprint density at radius 1 is 0.475 bits per heavy atom. The Morgan fingerprint density at radius 3 is 1.18 bits per heavy atom. The van der Waals surface area contributed by atoms with E-state index < -0.39 is 51.8 Å². The van der Waals surface area contributed by atoms with Crippen molar-refractivity contribution in [1.82, 2.24) is 0 Å². The number of ether oxygens (including phenoxy) is 2. The first-order chi connectivity index (χ1) is 29.7. The fourth-order valence-electron chi connectivity index (χ4n) is 7.46. The highest BCUT2D eigenvalue weighted by molar-refractivity contribution is 7.47.